The molecule has 0 atom stereocenters. The van der Waals surface area contributed by atoms with Gasteiger partial charge >= 0.3 is 0 Å². The average molecular weight is 171 g/mol. The van der Waals surface area contributed by atoms with Gasteiger partial charge in [-0.3, -0.25) is 0 Å². The molecule has 0 heterocycles. The number of aryl methyl sites for hydroxylation is 1. The predicted octanol–water partition coefficient (Wildman–Crippen LogP) is 2.19. The van der Waals surface area contributed by atoms with Gasteiger partial charge in [-0.1, -0.05) is 42.3 Å². The zero-order valence-corrected chi connectivity index (χ0v) is 7.80. The molecule has 1 aromatic rings. The van der Waals surface area contributed by atoms with Gasteiger partial charge in [0.05, 0.1) is 6.54 Å². The second kappa shape index (κ2) is 4.37. The van der Waals surface area contributed by atoms with E-state index < -0.39 is 0 Å². The zero-order chi connectivity index (χ0) is 9.68. The number of hydrogen-bond acceptors (Lipinski definition) is 1. The van der Waals surface area contributed by atoms with E-state index >= 15 is 0 Å². The lowest BCUT2D eigenvalue weighted by Crippen LogP contribution is -2.10. The fourth-order valence-electron chi connectivity index (χ4n) is 1.01. The fraction of sp³-hybridized carbons (Fsp3) is 0.167. The van der Waals surface area contributed by atoms with Crippen molar-refractivity contribution in [3.05, 3.63) is 42.0 Å². The molecule has 66 valence electrons. The van der Waals surface area contributed by atoms with Crippen LogP contribution in [-0.4, -0.2) is 6.54 Å². The third-order valence-corrected chi connectivity index (χ3v) is 1.80. The Bertz CT molecular complexity index is 327. The van der Waals surface area contributed by atoms with E-state index in [1.54, 1.807) is 0 Å². The third-order valence-electron chi connectivity index (χ3n) is 1.80. The number of terminal acetylenes is 1. The van der Waals surface area contributed by atoms with Crippen molar-refractivity contribution in [2.24, 2.45) is 0 Å². The van der Waals surface area contributed by atoms with E-state index in [1.165, 1.54) is 5.56 Å². The van der Waals surface area contributed by atoms with Crippen molar-refractivity contribution in [2.75, 3.05) is 6.54 Å². The second-order valence-electron chi connectivity index (χ2n) is 2.90. The molecule has 0 aliphatic rings. The van der Waals surface area contributed by atoms with Crippen LogP contribution < -0.4 is 5.32 Å². The number of nitrogens with one attached hydrogen (secondary N) is 1. The summed E-state index contributed by atoms with van der Waals surface area (Å²) in [5, 5.41) is 3.04. The summed E-state index contributed by atoms with van der Waals surface area (Å²) in [6.45, 7) is 6.46. The molecule has 0 unspecified atom stereocenters. The molecule has 1 heteroatoms. The summed E-state index contributed by atoms with van der Waals surface area (Å²) in [5.74, 6) is 2.51. The van der Waals surface area contributed by atoms with Crippen molar-refractivity contribution in [1.82, 2.24) is 5.32 Å². The number of rotatable bonds is 3. The molecule has 1 aromatic carbocycles. The Labute approximate surface area is 79.5 Å². The fourth-order valence-corrected chi connectivity index (χ4v) is 1.01. The highest BCUT2D eigenvalue weighted by Crippen LogP contribution is 2.09. The molecular weight excluding hydrogens is 158 g/mol. The summed E-state index contributed by atoms with van der Waals surface area (Å²) in [5.41, 5.74) is 3.20. The van der Waals surface area contributed by atoms with Crippen molar-refractivity contribution in [3.8, 4) is 12.3 Å². The van der Waals surface area contributed by atoms with E-state index in [4.69, 9.17) is 6.42 Å². The number of benzene rings is 1. The van der Waals surface area contributed by atoms with Crippen molar-refractivity contribution in [1.29, 1.82) is 0 Å². The molecule has 0 aliphatic heterocycles. The van der Waals surface area contributed by atoms with E-state index in [-0.39, 0.29) is 0 Å². The summed E-state index contributed by atoms with van der Waals surface area (Å²) in [6, 6.07) is 8.17. The standard InChI is InChI=1S/C12H13N/c1-4-9-13-11(3)12-7-5-10(2)6-8-12/h1,5-8,13H,3,9H2,2H3. The molecule has 13 heavy (non-hydrogen) atoms. The van der Waals surface area contributed by atoms with Crippen LogP contribution >= 0.6 is 0 Å². The molecule has 0 fully saturated rings. The highest BCUT2D eigenvalue weighted by atomic mass is 14.9. The van der Waals surface area contributed by atoms with Gasteiger partial charge in [-0.2, -0.15) is 0 Å². The van der Waals surface area contributed by atoms with Crippen LogP contribution in [0.25, 0.3) is 5.70 Å². The highest BCUT2D eigenvalue weighted by Gasteiger charge is 1.95. The summed E-state index contributed by atoms with van der Waals surface area (Å²) in [6.07, 6.45) is 5.13. The Morgan fingerprint density at radius 2 is 2.08 bits per heavy atom. The molecule has 0 amide bonds. The Hall–Kier alpha value is -1.68. The molecule has 0 saturated heterocycles. The Kier molecular flexibility index (Phi) is 3.16. The first-order valence-electron chi connectivity index (χ1n) is 4.17. The minimum atomic E-state index is 0.521. The van der Waals surface area contributed by atoms with Gasteiger partial charge in [0.2, 0.25) is 0 Å². The van der Waals surface area contributed by atoms with Crippen molar-refractivity contribution in [3.63, 3.8) is 0 Å². The van der Waals surface area contributed by atoms with Crippen LogP contribution in [-0.2, 0) is 0 Å². The summed E-state index contributed by atoms with van der Waals surface area (Å²) in [4.78, 5) is 0. The SMILES string of the molecule is C#CCNC(=C)c1ccc(C)cc1. The van der Waals surface area contributed by atoms with Crippen LogP contribution in [0.15, 0.2) is 30.8 Å². The van der Waals surface area contributed by atoms with Gasteiger partial charge in [-0.25, -0.2) is 0 Å². The minimum absolute atomic E-state index is 0.521. The quantitative estimate of drug-likeness (QED) is 0.687. The maximum Gasteiger partial charge on any atom is 0.0763 e. The van der Waals surface area contributed by atoms with Crippen molar-refractivity contribution < 1.29 is 0 Å². The first-order valence-corrected chi connectivity index (χ1v) is 4.17. The van der Waals surface area contributed by atoms with E-state index in [0.29, 0.717) is 6.54 Å². The van der Waals surface area contributed by atoms with Gasteiger partial charge in [-0.05, 0) is 12.5 Å². The normalized spacial score (nSPS) is 8.92. The predicted molar refractivity (Wildman–Crippen MR) is 57.0 cm³/mol. The number of hydrogen-bond donors (Lipinski definition) is 1. The van der Waals surface area contributed by atoms with Crippen LogP contribution in [0.2, 0.25) is 0 Å². The van der Waals surface area contributed by atoms with Crippen molar-refractivity contribution >= 4 is 5.70 Å². The van der Waals surface area contributed by atoms with Crippen LogP contribution in [0.5, 0.6) is 0 Å². The van der Waals surface area contributed by atoms with Gasteiger partial charge in [0.1, 0.15) is 0 Å². The van der Waals surface area contributed by atoms with Crippen molar-refractivity contribution in [2.45, 2.75) is 6.92 Å². The molecule has 0 saturated carbocycles. The van der Waals surface area contributed by atoms with Crippen LogP contribution in [0, 0.1) is 19.3 Å². The second-order valence-corrected chi connectivity index (χ2v) is 2.90. The lowest BCUT2D eigenvalue weighted by Gasteiger charge is -2.06. The largest absolute Gasteiger partial charge is 0.374 e. The Morgan fingerprint density at radius 3 is 2.62 bits per heavy atom. The smallest absolute Gasteiger partial charge is 0.0763 e. The van der Waals surface area contributed by atoms with E-state index in [9.17, 15) is 0 Å². The van der Waals surface area contributed by atoms with Gasteiger partial charge < -0.3 is 5.32 Å². The summed E-state index contributed by atoms with van der Waals surface area (Å²) < 4.78 is 0. The van der Waals surface area contributed by atoms with Gasteiger partial charge in [0.25, 0.3) is 0 Å². The molecule has 1 rings (SSSR count). The van der Waals surface area contributed by atoms with E-state index in [0.717, 1.165) is 11.3 Å². The maximum absolute atomic E-state index is 5.13. The molecule has 0 spiro atoms. The molecule has 0 aromatic heterocycles. The molecular formula is C12H13N. The molecule has 1 N–H and O–H groups in total. The Balaban J connectivity index is 2.68. The van der Waals surface area contributed by atoms with Gasteiger partial charge in [0.15, 0.2) is 0 Å². The molecule has 0 bridgehead atoms. The third kappa shape index (κ3) is 2.68. The molecule has 0 aliphatic carbocycles. The topological polar surface area (TPSA) is 12.0 Å². The first-order chi connectivity index (χ1) is 6.24. The van der Waals surface area contributed by atoms with Gasteiger partial charge in [-0.15, -0.1) is 6.42 Å². The van der Waals surface area contributed by atoms with E-state index in [2.05, 4.69) is 36.9 Å². The Morgan fingerprint density at radius 1 is 1.46 bits per heavy atom. The summed E-state index contributed by atoms with van der Waals surface area (Å²) in [7, 11) is 0. The minimum Gasteiger partial charge on any atom is -0.374 e. The monoisotopic (exact) mass is 171 g/mol. The summed E-state index contributed by atoms with van der Waals surface area (Å²) >= 11 is 0. The van der Waals surface area contributed by atoms with E-state index in [1.807, 2.05) is 12.1 Å². The van der Waals surface area contributed by atoms with Crippen LogP contribution in [0.4, 0.5) is 0 Å². The maximum atomic E-state index is 5.13. The highest BCUT2D eigenvalue weighted by molar-refractivity contribution is 5.61. The van der Waals surface area contributed by atoms with Crippen LogP contribution in [0.1, 0.15) is 11.1 Å². The van der Waals surface area contributed by atoms with Crippen LogP contribution in [0.3, 0.4) is 0 Å². The zero-order valence-electron chi connectivity index (χ0n) is 7.80. The first kappa shape index (κ1) is 9.41. The average Bonchev–Trinajstić information content (AvgIpc) is 2.15. The lowest BCUT2D eigenvalue weighted by atomic mass is 10.1. The molecule has 0 radical (unpaired) electrons. The lowest BCUT2D eigenvalue weighted by molar-refractivity contribution is 1.04. The molecule has 1 nitrogen and oxygen atoms in total. The van der Waals surface area contributed by atoms with Gasteiger partial charge in [0, 0.05) is 5.70 Å².